The Labute approximate surface area is 82.4 Å². The lowest BCUT2D eigenvalue weighted by atomic mass is 9.86. The van der Waals surface area contributed by atoms with Crippen LogP contribution in [0.5, 0.6) is 0 Å². The van der Waals surface area contributed by atoms with Gasteiger partial charge in [0.05, 0.1) is 0 Å². The lowest BCUT2D eigenvalue weighted by Crippen LogP contribution is -2.12. The zero-order valence-electron chi connectivity index (χ0n) is 9.00. The molecule has 13 heavy (non-hydrogen) atoms. The third-order valence-electron chi connectivity index (χ3n) is 3.87. The van der Waals surface area contributed by atoms with Crippen molar-refractivity contribution in [2.45, 2.75) is 46.0 Å². The first-order valence-corrected chi connectivity index (χ1v) is 6.05. The highest BCUT2D eigenvalue weighted by molar-refractivity contribution is 5.14. The molecule has 0 heterocycles. The van der Waals surface area contributed by atoms with Crippen molar-refractivity contribution in [3.8, 4) is 0 Å². The molecule has 0 radical (unpaired) electrons. The molecule has 0 saturated heterocycles. The maximum Gasteiger partial charge on any atom is -0.0196 e. The molecule has 3 aliphatic carbocycles. The van der Waals surface area contributed by atoms with E-state index in [1.807, 2.05) is 0 Å². The second kappa shape index (κ2) is 3.86. The monoisotopic (exact) mass is 178 g/mol. The van der Waals surface area contributed by atoms with Crippen LogP contribution in [0.2, 0.25) is 0 Å². The molecule has 4 unspecified atom stereocenters. The number of hydrogen-bond donors (Lipinski definition) is 0. The highest BCUT2D eigenvalue weighted by atomic mass is 14.5. The Kier molecular flexibility index (Phi) is 2.76. The average molecular weight is 178 g/mol. The van der Waals surface area contributed by atoms with Gasteiger partial charge in [-0.1, -0.05) is 38.8 Å². The molecule has 2 fully saturated rings. The van der Waals surface area contributed by atoms with Gasteiger partial charge in [0.2, 0.25) is 0 Å². The summed E-state index contributed by atoms with van der Waals surface area (Å²) in [5.74, 6) is 4.26. The summed E-state index contributed by atoms with van der Waals surface area (Å²) in [6, 6.07) is 0. The molecular weight excluding hydrogens is 156 g/mol. The van der Waals surface area contributed by atoms with Crippen LogP contribution in [0.25, 0.3) is 0 Å². The van der Waals surface area contributed by atoms with E-state index in [0.717, 1.165) is 23.7 Å². The zero-order valence-corrected chi connectivity index (χ0v) is 9.00. The van der Waals surface area contributed by atoms with Gasteiger partial charge in [-0.05, 0) is 42.9 Å². The maximum atomic E-state index is 2.48. The summed E-state index contributed by atoms with van der Waals surface area (Å²) in [5, 5.41) is 0. The van der Waals surface area contributed by atoms with Gasteiger partial charge in [-0.15, -0.1) is 0 Å². The number of hydrogen-bond acceptors (Lipinski definition) is 0. The molecule has 0 aliphatic heterocycles. The first-order valence-electron chi connectivity index (χ1n) is 6.05. The van der Waals surface area contributed by atoms with Crippen molar-refractivity contribution < 1.29 is 0 Å². The van der Waals surface area contributed by atoms with Gasteiger partial charge in [0, 0.05) is 0 Å². The average Bonchev–Trinajstić information content (AvgIpc) is 2.79. The Morgan fingerprint density at radius 1 is 1.00 bits per heavy atom. The molecule has 4 atom stereocenters. The summed E-state index contributed by atoms with van der Waals surface area (Å²) in [4.78, 5) is 0. The van der Waals surface area contributed by atoms with Crippen molar-refractivity contribution in [3.05, 3.63) is 12.2 Å². The van der Waals surface area contributed by atoms with Gasteiger partial charge < -0.3 is 0 Å². The van der Waals surface area contributed by atoms with E-state index < -0.39 is 0 Å². The summed E-state index contributed by atoms with van der Waals surface area (Å²) in [5.41, 5.74) is 0. The first-order chi connectivity index (χ1) is 6.36. The minimum atomic E-state index is 1.01. The minimum absolute atomic E-state index is 1.01. The van der Waals surface area contributed by atoms with Crippen LogP contribution >= 0.6 is 0 Å². The van der Waals surface area contributed by atoms with Crippen molar-refractivity contribution in [2.24, 2.45) is 23.7 Å². The molecule has 0 heteroatoms. The van der Waals surface area contributed by atoms with E-state index in [0.29, 0.717) is 0 Å². The van der Waals surface area contributed by atoms with Gasteiger partial charge in [0.15, 0.2) is 0 Å². The van der Waals surface area contributed by atoms with Gasteiger partial charge in [-0.2, -0.15) is 0 Å². The normalized spacial score (nSPS) is 44.5. The van der Waals surface area contributed by atoms with Gasteiger partial charge in [0.1, 0.15) is 0 Å². The summed E-state index contributed by atoms with van der Waals surface area (Å²) < 4.78 is 0. The van der Waals surface area contributed by atoms with Crippen LogP contribution in [0.4, 0.5) is 0 Å². The Morgan fingerprint density at radius 3 is 1.92 bits per heavy atom. The van der Waals surface area contributed by atoms with E-state index in [2.05, 4.69) is 26.0 Å². The SMILES string of the molecule is C1=CC2CC1C1CCCC21.CCC. The maximum absolute atomic E-state index is 2.48. The predicted molar refractivity (Wildman–Crippen MR) is 57.5 cm³/mol. The second-order valence-corrected chi connectivity index (χ2v) is 4.91. The van der Waals surface area contributed by atoms with Crippen LogP contribution in [0.3, 0.4) is 0 Å². The van der Waals surface area contributed by atoms with E-state index >= 15 is 0 Å². The molecule has 0 aromatic rings. The van der Waals surface area contributed by atoms with E-state index in [-0.39, 0.29) is 0 Å². The van der Waals surface area contributed by atoms with Gasteiger partial charge >= 0.3 is 0 Å². The fourth-order valence-electron chi connectivity index (χ4n) is 3.47. The lowest BCUT2D eigenvalue weighted by molar-refractivity contribution is 0.364. The lowest BCUT2D eigenvalue weighted by Gasteiger charge is -2.19. The predicted octanol–water partition coefficient (Wildman–Crippen LogP) is 4.02. The Bertz CT molecular complexity index is 174. The molecule has 0 aromatic heterocycles. The molecule has 2 saturated carbocycles. The second-order valence-electron chi connectivity index (χ2n) is 4.91. The largest absolute Gasteiger partial charge is 0.0848 e. The number of allylic oxidation sites excluding steroid dienone is 2. The summed E-state index contributed by atoms with van der Waals surface area (Å²) in [6.45, 7) is 4.25. The summed E-state index contributed by atoms with van der Waals surface area (Å²) in [7, 11) is 0. The smallest absolute Gasteiger partial charge is 0.0196 e. The molecule has 0 aromatic carbocycles. The van der Waals surface area contributed by atoms with Crippen molar-refractivity contribution in [3.63, 3.8) is 0 Å². The quantitative estimate of drug-likeness (QED) is 0.491. The highest BCUT2D eigenvalue weighted by Gasteiger charge is 2.46. The van der Waals surface area contributed by atoms with Gasteiger partial charge in [0.25, 0.3) is 0 Å². The van der Waals surface area contributed by atoms with Gasteiger partial charge in [-0.3, -0.25) is 0 Å². The number of fused-ring (bicyclic) bond motifs is 5. The van der Waals surface area contributed by atoms with Crippen LogP contribution in [0.15, 0.2) is 12.2 Å². The van der Waals surface area contributed by atoms with Crippen LogP contribution in [0, 0.1) is 23.7 Å². The van der Waals surface area contributed by atoms with E-state index in [4.69, 9.17) is 0 Å². The van der Waals surface area contributed by atoms with Crippen molar-refractivity contribution in [1.29, 1.82) is 0 Å². The molecule has 0 nitrogen and oxygen atoms in total. The molecule has 74 valence electrons. The van der Waals surface area contributed by atoms with Crippen LogP contribution in [0.1, 0.15) is 46.0 Å². The topological polar surface area (TPSA) is 0 Å². The molecule has 0 amide bonds. The molecule has 0 N–H and O–H groups in total. The summed E-state index contributed by atoms with van der Waals surface area (Å²) in [6.07, 6.45) is 12.3. The minimum Gasteiger partial charge on any atom is -0.0848 e. The fraction of sp³-hybridized carbons (Fsp3) is 0.846. The molecular formula is C13H22. The number of rotatable bonds is 0. The molecule has 3 rings (SSSR count). The van der Waals surface area contributed by atoms with Gasteiger partial charge in [-0.25, -0.2) is 0 Å². The van der Waals surface area contributed by atoms with Crippen molar-refractivity contribution >= 4 is 0 Å². The Balaban J connectivity index is 0.000000196. The standard InChI is InChI=1S/C10H14.C3H8/c1-2-9-7-4-5-8(6-7)10(9)3-1;1-3-2/h4-5,7-10H,1-3,6H2;3H2,1-2H3. The van der Waals surface area contributed by atoms with Crippen LogP contribution in [-0.2, 0) is 0 Å². The van der Waals surface area contributed by atoms with Crippen LogP contribution in [-0.4, -0.2) is 0 Å². The third-order valence-corrected chi connectivity index (χ3v) is 3.87. The highest BCUT2D eigenvalue weighted by Crippen LogP contribution is 2.55. The van der Waals surface area contributed by atoms with E-state index in [1.165, 1.54) is 32.1 Å². The summed E-state index contributed by atoms with van der Waals surface area (Å²) >= 11 is 0. The van der Waals surface area contributed by atoms with Crippen molar-refractivity contribution in [2.75, 3.05) is 0 Å². The van der Waals surface area contributed by atoms with Crippen LogP contribution < -0.4 is 0 Å². The first kappa shape index (κ1) is 9.30. The van der Waals surface area contributed by atoms with Crippen molar-refractivity contribution in [1.82, 2.24) is 0 Å². The third kappa shape index (κ3) is 1.56. The Morgan fingerprint density at radius 2 is 1.46 bits per heavy atom. The zero-order chi connectivity index (χ0) is 9.26. The fourth-order valence-corrected chi connectivity index (χ4v) is 3.47. The molecule has 0 spiro atoms. The van der Waals surface area contributed by atoms with E-state index in [1.54, 1.807) is 0 Å². The van der Waals surface area contributed by atoms with E-state index in [9.17, 15) is 0 Å². The molecule has 2 bridgehead atoms. The molecule has 3 aliphatic rings. The Hall–Kier alpha value is -0.260.